The Morgan fingerprint density at radius 2 is 2.28 bits per heavy atom. The number of thiophene rings is 1. The number of rotatable bonds is 2. The molecule has 0 bridgehead atoms. The Balaban J connectivity index is 1.95. The van der Waals surface area contributed by atoms with Crippen LogP contribution in [0.5, 0.6) is 0 Å². The fourth-order valence-corrected chi connectivity index (χ4v) is 6.32. The normalized spacial score (nSPS) is 28.8. The maximum atomic E-state index is 12.6. The SMILES string of the molecule is Cc1cc(S(=O)(=O)N2CC[C@H]3CNC[C@H]32)sc1Cl. The molecule has 3 heterocycles. The first-order valence-corrected chi connectivity index (χ1v) is 8.62. The van der Waals surface area contributed by atoms with Crippen molar-refractivity contribution in [1.29, 1.82) is 0 Å². The summed E-state index contributed by atoms with van der Waals surface area (Å²) in [6.07, 6.45) is 0.953. The van der Waals surface area contributed by atoms with E-state index in [1.807, 2.05) is 6.92 Å². The monoisotopic (exact) mass is 306 g/mol. The molecule has 2 aliphatic heterocycles. The van der Waals surface area contributed by atoms with Crippen LogP contribution in [-0.4, -0.2) is 38.4 Å². The lowest BCUT2D eigenvalue weighted by Crippen LogP contribution is -2.38. The molecule has 3 rings (SSSR count). The lowest BCUT2D eigenvalue weighted by molar-refractivity contribution is 0.384. The predicted octanol–water partition coefficient (Wildman–Crippen LogP) is 1.69. The zero-order valence-corrected chi connectivity index (χ0v) is 12.4. The fourth-order valence-electron chi connectivity index (χ4n) is 2.78. The Morgan fingerprint density at radius 3 is 2.94 bits per heavy atom. The van der Waals surface area contributed by atoms with Crippen LogP contribution in [0.1, 0.15) is 12.0 Å². The third kappa shape index (κ3) is 1.91. The molecule has 100 valence electrons. The maximum Gasteiger partial charge on any atom is 0.252 e. The largest absolute Gasteiger partial charge is 0.315 e. The second kappa shape index (κ2) is 4.45. The molecule has 7 heteroatoms. The third-order valence-electron chi connectivity index (χ3n) is 3.79. The van der Waals surface area contributed by atoms with Gasteiger partial charge in [0.2, 0.25) is 0 Å². The van der Waals surface area contributed by atoms with Gasteiger partial charge in [0.05, 0.1) is 4.34 Å². The quantitative estimate of drug-likeness (QED) is 0.904. The van der Waals surface area contributed by atoms with E-state index in [-0.39, 0.29) is 6.04 Å². The number of hydrogen-bond donors (Lipinski definition) is 1. The first-order chi connectivity index (χ1) is 8.50. The molecular weight excluding hydrogens is 292 g/mol. The van der Waals surface area contributed by atoms with Crippen molar-refractivity contribution in [1.82, 2.24) is 9.62 Å². The summed E-state index contributed by atoms with van der Waals surface area (Å²) in [6, 6.07) is 1.80. The molecule has 1 aromatic heterocycles. The molecule has 18 heavy (non-hydrogen) atoms. The summed E-state index contributed by atoms with van der Waals surface area (Å²) in [5.74, 6) is 0.469. The van der Waals surface area contributed by atoms with E-state index >= 15 is 0 Å². The molecule has 0 spiro atoms. The Labute approximate surface area is 116 Å². The second-order valence-electron chi connectivity index (χ2n) is 4.91. The third-order valence-corrected chi connectivity index (χ3v) is 7.72. The minimum Gasteiger partial charge on any atom is -0.315 e. The number of fused-ring (bicyclic) bond motifs is 1. The number of halogens is 1. The van der Waals surface area contributed by atoms with Crippen LogP contribution in [-0.2, 0) is 10.0 Å². The first-order valence-electron chi connectivity index (χ1n) is 5.98. The zero-order chi connectivity index (χ0) is 12.9. The molecule has 4 nitrogen and oxygen atoms in total. The van der Waals surface area contributed by atoms with Crippen molar-refractivity contribution >= 4 is 33.0 Å². The van der Waals surface area contributed by atoms with Crippen molar-refractivity contribution in [2.24, 2.45) is 5.92 Å². The standard InChI is InChI=1S/C11H15ClN2O2S2/c1-7-4-10(17-11(7)12)18(15,16)14-3-2-8-5-13-6-9(8)14/h4,8-9,13H,2-3,5-6H2,1H3/t8-,9+/m0/s1. The van der Waals surface area contributed by atoms with E-state index in [1.54, 1.807) is 10.4 Å². The van der Waals surface area contributed by atoms with E-state index in [2.05, 4.69) is 5.32 Å². The van der Waals surface area contributed by atoms with E-state index in [4.69, 9.17) is 11.6 Å². The summed E-state index contributed by atoms with van der Waals surface area (Å²) < 4.78 is 27.8. The van der Waals surface area contributed by atoms with Crippen molar-refractivity contribution < 1.29 is 8.42 Å². The Kier molecular flexibility index (Phi) is 3.18. The molecule has 2 saturated heterocycles. The van der Waals surface area contributed by atoms with Gasteiger partial charge in [-0.15, -0.1) is 11.3 Å². The van der Waals surface area contributed by atoms with Crippen molar-refractivity contribution in [3.8, 4) is 0 Å². The highest BCUT2D eigenvalue weighted by molar-refractivity contribution is 7.91. The van der Waals surface area contributed by atoms with Crippen LogP contribution in [0.3, 0.4) is 0 Å². The Bertz CT molecular complexity index is 550. The second-order valence-corrected chi connectivity index (χ2v) is 8.68. The first kappa shape index (κ1) is 12.9. The number of nitrogens with zero attached hydrogens (tertiary/aromatic N) is 1. The van der Waals surface area contributed by atoms with E-state index in [0.717, 1.165) is 36.4 Å². The zero-order valence-electron chi connectivity index (χ0n) is 10.0. The lowest BCUT2D eigenvalue weighted by Gasteiger charge is -2.21. The summed E-state index contributed by atoms with van der Waals surface area (Å²) in [4.78, 5) is 0. The molecule has 0 amide bonds. The summed E-state index contributed by atoms with van der Waals surface area (Å²) >= 11 is 7.13. The number of nitrogens with one attached hydrogen (secondary N) is 1. The van der Waals surface area contributed by atoms with Crippen LogP contribution >= 0.6 is 22.9 Å². The molecule has 0 saturated carbocycles. The average Bonchev–Trinajstić information content (AvgIpc) is 2.94. The molecule has 1 N–H and O–H groups in total. The molecule has 0 aliphatic carbocycles. The van der Waals surface area contributed by atoms with Crippen LogP contribution in [0.4, 0.5) is 0 Å². The van der Waals surface area contributed by atoms with Gasteiger partial charge in [0.15, 0.2) is 0 Å². The molecule has 0 aromatic carbocycles. The number of sulfonamides is 1. The molecule has 1 aromatic rings. The summed E-state index contributed by atoms with van der Waals surface area (Å²) in [5, 5.41) is 3.27. The summed E-state index contributed by atoms with van der Waals surface area (Å²) in [7, 11) is -3.37. The molecular formula is C11H15ClN2O2S2. The Hall–Kier alpha value is -0.140. The van der Waals surface area contributed by atoms with Gasteiger partial charge in [-0.1, -0.05) is 11.6 Å². The molecule has 0 unspecified atom stereocenters. The highest BCUT2D eigenvalue weighted by atomic mass is 35.5. The summed E-state index contributed by atoms with van der Waals surface area (Å²) in [6.45, 7) is 4.17. The van der Waals surface area contributed by atoms with Gasteiger partial charge in [-0.3, -0.25) is 0 Å². The van der Waals surface area contributed by atoms with Crippen LogP contribution in [0.25, 0.3) is 0 Å². The van der Waals surface area contributed by atoms with Crippen molar-refractivity contribution in [3.63, 3.8) is 0 Å². The fraction of sp³-hybridized carbons (Fsp3) is 0.636. The molecule has 2 fully saturated rings. The van der Waals surface area contributed by atoms with Gasteiger partial charge in [-0.05, 0) is 37.4 Å². The van der Waals surface area contributed by atoms with Gasteiger partial charge in [0.25, 0.3) is 10.0 Å². The van der Waals surface area contributed by atoms with Gasteiger partial charge in [0.1, 0.15) is 4.21 Å². The van der Waals surface area contributed by atoms with Gasteiger partial charge in [0, 0.05) is 19.1 Å². The average molecular weight is 307 g/mol. The topological polar surface area (TPSA) is 49.4 Å². The van der Waals surface area contributed by atoms with Gasteiger partial charge >= 0.3 is 0 Å². The van der Waals surface area contributed by atoms with E-state index in [9.17, 15) is 8.42 Å². The van der Waals surface area contributed by atoms with E-state index in [0.29, 0.717) is 21.0 Å². The van der Waals surface area contributed by atoms with Crippen LogP contribution < -0.4 is 5.32 Å². The molecule has 2 atom stereocenters. The van der Waals surface area contributed by atoms with E-state index in [1.165, 1.54) is 0 Å². The van der Waals surface area contributed by atoms with Gasteiger partial charge < -0.3 is 5.32 Å². The van der Waals surface area contributed by atoms with Crippen LogP contribution in [0.2, 0.25) is 4.34 Å². The van der Waals surface area contributed by atoms with Crippen LogP contribution in [0, 0.1) is 12.8 Å². The smallest absolute Gasteiger partial charge is 0.252 e. The minimum absolute atomic E-state index is 0.121. The highest BCUT2D eigenvalue weighted by Gasteiger charge is 2.44. The number of aryl methyl sites for hydroxylation is 1. The maximum absolute atomic E-state index is 12.6. The Morgan fingerprint density at radius 1 is 1.50 bits per heavy atom. The van der Waals surface area contributed by atoms with E-state index < -0.39 is 10.0 Å². The van der Waals surface area contributed by atoms with Crippen LogP contribution in [0.15, 0.2) is 10.3 Å². The van der Waals surface area contributed by atoms with Gasteiger partial charge in [-0.25, -0.2) is 8.42 Å². The van der Waals surface area contributed by atoms with Crippen molar-refractivity contribution in [2.75, 3.05) is 19.6 Å². The summed E-state index contributed by atoms with van der Waals surface area (Å²) in [5.41, 5.74) is 0.834. The minimum atomic E-state index is -3.37. The van der Waals surface area contributed by atoms with Crippen molar-refractivity contribution in [2.45, 2.75) is 23.6 Å². The lowest BCUT2D eigenvalue weighted by atomic mass is 10.1. The highest BCUT2D eigenvalue weighted by Crippen LogP contribution is 2.37. The number of hydrogen-bond acceptors (Lipinski definition) is 4. The molecule has 0 radical (unpaired) electrons. The van der Waals surface area contributed by atoms with Crippen molar-refractivity contribution in [3.05, 3.63) is 16.0 Å². The van der Waals surface area contributed by atoms with Gasteiger partial charge in [-0.2, -0.15) is 4.31 Å². The predicted molar refractivity (Wildman–Crippen MR) is 72.7 cm³/mol. The molecule has 2 aliphatic rings.